The van der Waals surface area contributed by atoms with Crippen molar-refractivity contribution in [1.82, 2.24) is 10.4 Å². The van der Waals surface area contributed by atoms with Gasteiger partial charge >= 0.3 is 11.9 Å². The van der Waals surface area contributed by atoms with Gasteiger partial charge in [-0.1, -0.05) is 75.9 Å². The fraction of sp³-hybridized carbons (Fsp3) is 0.756. The first-order valence-corrected chi connectivity index (χ1v) is 22.4. The number of aliphatic hydroxyl groups excluding tert-OH is 5. The summed E-state index contributed by atoms with van der Waals surface area (Å²) in [5, 5.41) is 54.9. The fourth-order valence-corrected chi connectivity index (χ4v) is 9.43. The summed E-state index contributed by atoms with van der Waals surface area (Å²) >= 11 is 0. The van der Waals surface area contributed by atoms with E-state index < -0.39 is 115 Å². The Morgan fingerprint density at radius 2 is 1.71 bits per heavy atom. The van der Waals surface area contributed by atoms with E-state index in [4.69, 9.17) is 33.3 Å². The number of hydroxylamine groups is 2. The van der Waals surface area contributed by atoms with Crippen molar-refractivity contribution in [3.63, 3.8) is 0 Å². The first-order chi connectivity index (χ1) is 29.6. The highest BCUT2D eigenvalue weighted by atomic mass is 16.8. The zero-order valence-corrected chi connectivity index (χ0v) is 36.7. The second kappa shape index (κ2) is 20.8. The normalized spacial score (nSPS) is 33.3. The van der Waals surface area contributed by atoms with Crippen molar-refractivity contribution in [1.29, 1.82) is 0 Å². The number of hydrogen-bond donors (Lipinski definition) is 6. The van der Waals surface area contributed by atoms with E-state index in [1.54, 1.807) is 32.9 Å². The van der Waals surface area contributed by atoms with Gasteiger partial charge in [-0.3, -0.25) is 19.2 Å². The Balaban J connectivity index is 1.24. The predicted molar refractivity (Wildman–Crippen MR) is 221 cm³/mol. The number of nitrogens with one attached hydrogen (secondary N) is 1. The van der Waals surface area contributed by atoms with Gasteiger partial charge in [0.05, 0.1) is 32.4 Å². The molecule has 17 nitrogen and oxygen atoms in total. The number of ether oxygens (including phenoxy) is 6. The maximum Gasteiger partial charge on any atom is 0.327 e. The zero-order valence-electron chi connectivity index (χ0n) is 36.7. The SMILES string of the molecule is CCCCCC1(CCCCC)OC2C3CC4(C(=O)NC(CO)CCC(=O)OC(C)(C)C)C(ON(Cc5cccc(C=CCOC6OC(CO)C(O)C(O)C6O)c5)C4C(=O)O3)C2O1. The van der Waals surface area contributed by atoms with E-state index in [0.717, 1.165) is 49.7 Å². The summed E-state index contributed by atoms with van der Waals surface area (Å²) < 4.78 is 36.5. The Morgan fingerprint density at radius 1 is 1.00 bits per heavy atom. The molecule has 1 aliphatic carbocycles. The lowest BCUT2D eigenvalue weighted by molar-refractivity contribution is -0.298. The van der Waals surface area contributed by atoms with Gasteiger partial charge in [0.1, 0.15) is 59.8 Å². The van der Waals surface area contributed by atoms with Crippen molar-refractivity contribution in [2.75, 3.05) is 19.8 Å². The third-order valence-corrected chi connectivity index (χ3v) is 12.5. The van der Waals surface area contributed by atoms with Crippen molar-refractivity contribution < 1.29 is 73.2 Å². The van der Waals surface area contributed by atoms with Crippen LogP contribution in [-0.4, -0.2) is 147 Å². The fourth-order valence-electron chi connectivity index (χ4n) is 9.43. The largest absolute Gasteiger partial charge is 0.460 e. The number of hydrogen-bond acceptors (Lipinski definition) is 16. The molecule has 12 unspecified atom stereocenters. The van der Waals surface area contributed by atoms with Crippen LogP contribution in [0.15, 0.2) is 30.3 Å². The molecule has 0 spiro atoms. The number of benzene rings is 1. The van der Waals surface area contributed by atoms with Crippen molar-refractivity contribution >= 4 is 23.9 Å². The van der Waals surface area contributed by atoms with Crippen LogP contribution in [-0.2, 0) is 54.2 Å². The highest BCUT2D eigenvalue weighted by molar-refractivity contribution is 5.93. The van der Waals surface area contributed by atoms with Crippen LogP contribution in [0.5, 0.6) is 0 Å². The average Bonchev–Trinajstić information content (AvgIpc) is 3.79. The van der Waals surface area contributed by atoms with Crippen molar-refractivity contribution in [3.8, 4) is 0 Å². The summed E-state index contributed by atoms with van der Waals surface area (Å²) in [4.78, 5) is 48.6. The van der Waals surface area contributed by atoms with Crippen molar-refractivity contribution in [3.05, 3.63) is 41.5 Å². The number of nitrogens with zero attached hydrogens (tertiary/aromatic N) is 1. The van der Waals surface area contributed by atoms with Gasteiger partial charge in [0.25, 0.3) is 0 Å². The van der Waals surface area contributed by atoms with Crippen molar-refractivity contribution in [2.45, 2.75) is 190 Å². The van der Waals surface area contributed by atoms with Crippen LogP contribution in [0.4, 0.5) is 0 Å². The molecule has 12 atom stereocenters. The number of carbonyl (C=O) groups is 3. The van der Waals surface area contributed by atoms with Crippen LogP contribution in [0.1, 0.15) is 116 Å². The molecule has 5 aliphatic rings. The quantitative estimate of drug-likeness (QED) is 0.0770. The van der Waals surface area contributed by atoms with E-state index in [9.17, 15) is 39.9 Å². The Kier molecular flexibility index (Phi) is 16.3. The van der Waals surface area contributed by atoms with Gasteiger partial charge < -0.3 is 59.3 Å². The minimum Gasteiger partial charge on any atom is -0.460 e. The molecule has 5 fully saturated rings. The molecule has 348 valence electrons. The smallest absolute Gasteiger partial charge is 0.327 e. The van der Waals surface area contributed by atoms with Crippen LogP contribution >= 0.6 is 0 Å². The number of unbranched alkanes of at least 4 members (excludes halogenated alkanes) is 4. The number of aliphatic hydroxyl groups is 5. The summed E-state index contributed by atoms with van der Waals surface area (Å²) in [6, 6.07) is 5.42. The van der Waals surface area contributed by atoms with E-state index >= 15 is 0 Å². The van der Waals surface area contributed by atoms with Crippen LogP contribution in [0.2, 0.25) is 0 Å². The molecule has 0 aromatic heterocycles. The standard InChI is InChI=1S/C45H68N2O15/c1-6-8-10-19-44(20-11-9-7-2)60-36-30-23-45(42(55)46-29(25-48)17-18-32(50)59-43(3,4)5)38(40(54)57-30)47(62-39(45)37(36)61-44)24-28-15-12-14-27(22-28)16-13-21-56-41-35(53)34(52)33(51)31(26-49)58-41/h12-16,22,29-31,33-39,41,48-49,51-53H,6-11,17-21,23-26H2,1-5H3,(H,46,55). The molecule has 62 heavy (non-hydrogen) atoms. The van der Waals surface area contributed by atoms with Gasteiger partial charge in [0.15, 0.2) is 18.1 Å². The highest BCUT2D eigenvalue weighted by Gasteiger charge is 2.76. The van der Waals surface area contributed by atoms with Gasteiger partial charge in [0.2, 0.25) is 5.91 Å². The molecule has 4 aliphatic heterocycles. The van der Waals surface area contributed by atoms with E-state index in [1.807, 2.05) is 24.3 Å². The molecule has 4 saturated heterocycles. The molecule has 1 aromatic rings. The molecular weight excluding hydrogens is 808 g/mol. The summed E-state index contributed by atoms with van der Waals surface area (Å²) in [7, 11) is 0. The predicted octanol–water partition coefficient (Wildman–Crippen LogP) is 2.56. The monoisotopic (exact) mass is 876 g/mol. The molecule has 2 bridgehead atoms. The second-order valence-electron chi connectivity index (χ2n) is 18.4. The lowest BCUT2D eigenvalue weighted by Gasteiger charge is -2.49. The number of esters is 2. The van der Waals surface area contributed by atoms with E-state index in [0.29, 0.717) is 12.8 Å². The van der Waals surface area contributed by atoms with Crippen LogP contribution in [0.3, 0.4) is 0 Å². The van der Waals surface area contributed by atoms with E-state index in [-0.39, 0.29) is 32.4 Å². The Labute approximate surface area is 363 Å². The molecule has 1 saturated carbocycles. The summed E-state index contributed by atoms with van der Waals surface area (Å²) in [5.41, 5.74) is -0.698. The zero-order chi connectivity index (χ0) is 44.8. The summed E-state index contributed by atoms with van der Waals surface area (Å²) in [6.45, 7) is 8.59. The van der Waals surface area contributed by atoms with Crippen LogP contribution in [0.25, 0.3) is 6.08 Å². The molecule has 4 heterocycles. The number of amides is 1. The first kappa shape index (κ1) is 48.4. The van der Waals surface area contributed by atoms with E-state index in [1.165, 1.54) is 5.06 Å². The molecule has 1 aromatic carbocycles. The lowest BCUT2D eigenvalue weighted by atomic mass is 9.62. The first-order valence-electron chi connectivity index (χ1n) is 22.4. The molecule has 6 rings (SSSR count). The van der Waals surface area contributed by atoms with Gasteiger partial charge in [-0.2, -0.15) is 5.06 Å². The molecule has 17 heteroatoms. The molecular formula is C45H68N2O15. The van der Waals surface area contributed by atoms with Gasteiger partial charge in [0, 0.05) is 25.7 Å². The average molecular weight is 877 g/mol. The maximum atomic E-state index is 14.9. The van der Waals surface area contributed by atoms with Crippen LogP contribution < -0.4 is 5.32 Å². The minimum atomic E-state index is -1.56. The summed E-state index contributed by atoms with van der Waals surface area (Å²) in [5.74, 6) is -2.54. The van der Waals surface area contributed by atoms with Gasteiger partial charge in [-0.25, -0.2) is 0 Å². The molecule has 1 amide bonds. The Hall–Kier alpha value is -3.07. The highest BCUT2D eigenvalue weighted by Crippen LogP contribution is 2.58. The number of rotatable bonds is 21. The molecule has 6 N–H and O–H groups in total. The lowest BCUT2D eigenvalue weighted by Crippen LogP contribution is -2.70. The van der Waals surface area contributed by atoms with Crippen molar-refractivity contribution in [2.24, 2.45) is 5.41 Å². The van der Waals surface area contributed by atoms with Gasteiger partial charge in [-0.05, 0) is 51.2 Å². The Morgan fingerprint density at radius 3 is 2.37 bits per heavy atom. The molecule has 0 radical (unpaired) electrons. The van der Waals surface area contributed by atoms with E-state index in [2.05, 4.69) is 19.2 Å². The third kappa shape index (κ3) is 10.7. The van der Waals surface area contributed by atoms with Gasteiger partial charge in [-0.15, -0.1) is 0 Å². The minimum absolute atomic E-state index is 0.0356. The number of carbonyl (C=O) groups excluding carboxylic acids is 3. The van der Waals surface area contributed by atoms with Crippen LogP contribution in [0, 0.1) is 5.41 Å². The second-order valence-corrected chi connectivity index (χ2v) is 18.4. The maximum absolute atomic E-state index is 14.9. The third-order valence-electron chi connectivity index (χ3n) is 12.5. The summed E-state index contributed by atoms with van der Waals surface area (Å²) in [6.07, 6.45) is 0.526. The Bertz CT molecular complexity index is 1690. The topological polar surface area (TPSA) is 232 Å². The number of fused-ring (bicyclic) bond motifs is 4.